The van der Waals surface area contributed by atoms with Crippen molar-refractivity contribution in [2.45, 2.75) is 18.4 Å². The third-order valence-corrected chi connectivity index (χ3v) is 3.41. The van der Waals surface area contributed by atoms with Crippen molar-refractivity contribution in [2.24, 2.45) is 5.73 Å². The molecule has 1 saturated carbocycles. The van der Waals surface area contributed by atoms with Crippen LogP contribution in [0.25, 0.3) is 0 Å². The van der Waals surface area contributed by atoms with Gasteiger partial charge in [-0.3, -0.25) is 4.79 Å². The number of nitrogens with one attached hydrogen (secondary N) is 1. The molecule has 0 saturated heterocycles. The lowest BCUT2D eigenvalue weighted by molar-refractivity contribution is 0.100. The highest BCUT2D eigenvalue weighted by molar-refractivity contribution is 5.97. The molecule has 0 radical (unpaired) electrons. The van der Waals surface area contributed by atoms with Gasteiger partial charge >= 0.3 is 0 Å². The van der Waals surface area contributed by atoms with Crippen molar-refractivity contribution in [3.8, 4) is 0 Å². The Morgan fingerprint density at radius 1 is 1.26 bits per heavy atom. The van der Waals surface area contributed by atoms with Crippen LogP contribution in [0.4, 0.5) is 5.82 Å². The summed E-state index contributed by atoms with van der Waals surface area (Å²) in [6.07, 6.45) is 4.88. The quantitative estimate of drug-likeness (QED) is 0.869. The van der Waals surface area contributed by atoms with Gasteiger partial charge in [-0.2, -0.15) is 0 Å². The number of amides is 1. The molecule has 0 atom stereocenters. The van der Waals surface area contributed by atoms with Gasteiger partial charge in [-0.05, 0) is 18.4 Å². The van der Waals surface area contributed by atoms with Gasteiger partial charge in [0.2, 0.25) is 0 Å². The number of hydrogen-bond donors (Lipinski definition) is 2. The average molecular weight is 254 g/mol. The Hall–Kier alpha value is -2.43. The minimum absolute atomic E-state index is 0.125. The van der Waals surface area contributed by atoms with Crippen LogP contribution in [0.2, 0.25) is 0 Å². The number of hydrogen-bond acceptors (Lipinski definition) is 4. The van der Waals surface area contributed by atoms with Gasteiger partial charge in [0, 0.05) is 6.20 Å². The van der Waals surface area contributed by atoms with E-state index in [1.807, 2.05) is 18.2 Å². The fourth-order valence-corrected chi connectivity index (χ4v) is 2.20. The highest BCUT2D eigenvalue weighted by Crippen LogP contribution is 2.48. The summed E-state index contributed by atoms with van der Waals surface area (Å²) in [6, 6.07) is 10.1. The smallest absolute Gasteiger partial charge is 0.254 e. The second kappa shape index (κ2) is 4.35. The summed E-state index contributed by atoms with van der Waals surface area (Å²) in [5, 5.41) is 3.34. The van der Waals surface area contributed by atoms with E-state index >= 15 is 0 Å². The van der Waals surface area contributed by atoms with E-state index in [4.69, 9.17) is 5.73 Å². The van der Waals surface area contributed by atoms with Gasteiger partial charge in [-0.15, -0.1) is 0 Å². The second-order valence-corrected chi connectivity index (χ2v) is 4.72. The molecular weight excluding hydrogens is 240 g/mol. The first-order valence-electron chi connectivity index (χ1n) is 6.15. The third kappa shape index (κ3) is 2.14. The van der Waals surface area contributed by atoms with E-state index in [1.54, 1.807) is 0 Å². The van der Waals surface area contributed by atoms with Gasteiger partial charge in [-0.1, -0.05) is 30.3 Å². The van der Waals surface area contributed by atoms with Crippen LogP contribution < -0.4 is 11.1 Å². The largest absolute Gasteiger partial charge is 0.365 e. The third-order valence-electron chi connectivity index (χ3n) is 3.41. The summed E-state index contributed by atoms with van der Waals surface area (Å²) in [5.41, 5.74) is 6.73. The second-order valence-electron chi connectivity index (χ2n) is 4.72. The number of rotatable bonds is 4. The molecule has 1 aliphatic carbocycles. The standard InChI is InChI=1S/C14H14N4O/c15-12(19)11-8-16-9-17-13(11)18-14(6-7-14)10-4-2-1-3-5-10/h1-5,8-9H,6-7H2,(H2,15,19)(H,16,17,18). The van der Waals surface area contributed by atoms with Crippen molar-refractivity contribution in [1.82, 2.24) is 9.97 Å². The molecule has 1 heterocycles. The molecule has 0 bridgehead atoms. The van der Waals surface area contributed by atoms with Gasteiger partial charge in [0.05, 0.1) is 11.1 Å². The van der Waals surface area contributed by atoms with E-state index in [2.05, 4.69) is 27.4 Å². The summed E-state index contributed by atoms with van der Waals surface area (Å²) < 4.78 is 0. The van der Waals surface area contributed by atoms with Crippen LogP contribution in [-0.4, -0.2) is 15.9 Å². The van der Waals surface area contributed by atoms with Gasteiger partial charge in [-0.25, -0.2) is 9.97 Å². The van der Waals surface area contributed by atoms with Gasteiger partial charge in [0.1, 0.15) is 12.1 Å². The Labute approximate surface area is 110 Å². The molecule has 96 valence electrons. The number of anilines is 1. The van der Waals surface area contributed by atoms with Crippen molar-refractivity contribution in [2.75, 3.05) is 5.32 Å². The molecule has 5 heteroatoms. The highest BCUT2D eigenvalue weighted by atomic mass is 16.1. The maximum absolute atomic E-state index is 11.4. The lowest BCUT2D eigenvalue weighted by Gasteiger charge is -2.19. The SMILES string of the molecule is NC(=O)c1cncnc1NC1(c2ccccc2)CC1. The van der Waals surface area contributed by atoms with Crippen molar-refractivity contribution < 1.29 is 4.79 Å². The predicted molar refractivity (Wildman–Crippen MR) is 71.5 cm³/mol. The number of primary amides is 1. The van der Waals surface area contributed by atoms with E-state index in [0.29, 0.717) is 11.4 Å². The fraction of sp³-hybridized carbons (Fsp3) is 0.214. The summed E-state index contributed by atoms with van der Waals surface area (Å²) in [6.45, 7) is 0. The lowest BCUT2D eigenvalue weighted by Crippen LogP contribution is -2.23. The van der Waals surface area contributed by atoms with Crippen LogP contribution in [0.3, 0.4) is 0 Å². The maximum atomic E-state index is 11.4. The molecule has 0 spiro atoms. The zero-order chi connectivity index (χ0) is 13.3. The van der Waals surface area contributed by atoms with Crippen LogP contribution in [-0.2, 0) is 5.54 Å². The van der Waals surface area contributed by atoms with Crippen LogP contribution in [0.5, 0.6) is 0 Å². The first-order chi connectivity index (χ1) is 9.21. The lowest BCUT2D eigenvalue weighted by atomic mass is 10.0. The van der Waals surface area contributed by atoms with Crippen LogP contribution >= 0.6 is 0 Å². The van der Waals surface area contributed by atoms with Crippen LogP contribution in [0.15, 0.2) is 42.9 Å². The highest BCUT2D eigenvalue weighted by Gasteiger charge is 2.45. The minimum Gasteiger partial charge on any atom is -0.365 e. The van der Waals surface area contributed by atoms with Gasteiger partial charge < -0.3 is 11.1 Å². The molecule has 5 nitrogen and oxygen atoms in total. The average Bonchev–Trinajstić information content (AvgIpc) is 3.21. The number of benzene rings is 1. The van der Waals surface area contributed by atoms with Crippen LogP contribution in [0.1, 0.15) is 28.8 Å². The number of carbonyl (C=O) groups excluding carboxylic acids is 1. The molecule has 1 aromatic carbocycles. The molecular formula is C14H14N4O. The number of nitrogens with zero attached hydrogens (tertiary/aromatic N) is 2. The van der Waals surface area contributed by atoms with E-state index in [0.717, 1.165) is 12.8 Å². The molecule has 1 aromatic heterocycles. The molecule has 1 fully saturated rings. The molecule has 19 heavy (non-hydrogen) atoms. The summed E-state index contributed by atoms with van der Waals surface area (Å²) in [5.74, 6) is -0.0178. The molecule has 2 aromatic rings. The number of carbonyl (C=O) groups is 1. The van der Waals surface area contributed by atoms with E-state index in [9.17, 15) is 4.79 Å². The predicted octanol–water partition coefficient (Wildman–Crippen LogP) is 1.68. The van der Waals surface area contributed by atoms with Crippen molar-refractivity contribution in [3.63, 3.8) is 0 Å². The topological polar surface area (TPSA) is 80.9 Å². The zero-order valence-corrected chi connectivity index (χ0v) is 10.3. The Morgan fingerprint density at radius 3 is 2.63 bits per heavy atom. The molecule has 0 aliphatic heterocycles. The fourth-order valence-electron chi connectivity index (χ4n) is 2.20. The molecule has 0 unspecified atom stereocenters. The van der Waals surface area contributed by atoms with Crippen molar-refractivity contribution >= 4 is 11.7 Å². The van der Waals surface area contributed by atoms with E-state index < -0.39 is 5.91 Å². The molecule has 3 rings (SSSR count). The van der Waals surface area contributed by atoms with Crippen molar-refractivity contribution in [3.05, 3.63) is 54.0 Å². The van der Waals surface area contributed by atoms with Gasteiger partial charge in [0.15, 0.2) is 0 Å². The molecule has 3 N–H and O–H groups in total. The normalized spacial score (nSPS) is 15.8. The Bertz CT molecular complexity index is 608. The Balaban J connectivity index is 1.92. The van der Waals surface area contributed by atoms with Crippen molar-refractivity contribution in [1.29, 1.82) is 0 Å². The van der Waals surface area contributed by atoms with Crippen LogP contribution in [0, 0.1) is 0 Å². The first-order valence-corrected chi connectivity index (χ1v) is 6.15. The van der Waals surface area contributed by atoms with Gasteiger partial charge in [0.25, 0.3) is 5.91 Å². The first kappa shape index (κ1) is 11.6. The summed E-state index contributed by atoms with van der Waals surface area (Å²) >= 11 is 0. The molecule has 1 amide bonds. The monoisotopic (exact) mass is 254 g/mol. The van der Waals surface area contributed by atoms with E-state index in [-0.39, 0.29) is 5.54 Å². The molecule has 1 aliphatic rings. The summed E-state index contributed by atoms with van der Waals surface area (Å²) in [7, 11) is 0. The minimum atomic E-state index is -0.521. The summed E-state index contributed by atoms with van der Waals surface area (Å²) in [4.78, 5) is 19.3. The number of nitrogens with two attached hydrogens (primary N) is 1. The Kier molecular flexibility index (Phi) is 2.67. The Morgan fingerprint density at radius 2 is 2.00 bits per heavy atom. The maximum Gasteiger partial charge on any atom is 0.254 e. The number of aromatic nitrogens is 2. The van der Waals surface area contributed by atoms with E-state index in [1.165, 1.54) is 18.1 Å². The zero-order valence-electron chi connectivity index (χ0n) is 10.3.